The zero-order valence-electron chi connectivity index (χ0n) is 11.5. The minimum Gasteiger partial charge on any atom is -0.308 e. The summed E-state index contributed by atoms with van der Waals surface area (Å²) in [6.45, 7) is 7.22. The minimum absolute atomic E-state index is 0. The Kier molecular flexibility index (Phi) is 6.61. The van der Waals surface area contributed by atoms with Gasteiger partial charge in [0, 0.05) is 25.7 Å². The van der Waals surface area contributed by atoms with Crippen LogP contribution in [0.15, 0.2) is 24.3 Å². The summed E-state index contributed by atoms with van der Waals surface area (Å²) in [5, 5.41) is 3.68. The lowest BCUT2D eigenvalue weighted by Crippen LogP contribution is -2.44. The van der Waals surface area contributed by atoms with E-state index in [0.717, 1.165) is 12.5 Å². The van der Waals surface area contributed by atoms with Crippen molar-refractivity contribution >= 4 is 24.8 Å². The first kappa shape index (κ1) is 16.8. The third-order valence-electron chi connectivity index (χ3n) is 4.15. The summed E-state index contributed by atoms with van der Waals surface area (Å²) >= 11 is 0. The highest BCUT2D eigenvalue weighted by Crippen LogP contribution is 2.19. The smallest absolute Gasteiger partial charge is 0.0238 e. The number of nitrogens with zero attached hydrogens (tertiary/aromatic N) is 1. The number of nitrogens with one attached hydrogen (secondary N) is 1. The fourth-order valence-corrected chi connectivity index (χ4v) is 3.15. The topological polar surface area (TPSA) is 15.3 Å². The van der Waals surface area contributed by atoms with E-state index < -0.39 is 0 Å². The van der Waals surface area contributed by atoms with E-state index in [0.29, 0.717) is 6.04 Å². The van der Waals surface area contributed by atoms with E-state index in [1.165, 1.54) is 38.0 Å². The van der Waals surface area contributed by atoms with Gasteiger partial charge in [-0.2, -0.15) is 0 Å². The summed E-state index contributed by atoms with van der Waals surface area (Å²) in [6.07, 6.45) is 2.57. The molecule has 2 heterocycles. The molecule has 1 saturated heterocycles. The molecule has 0 aliphatic carbocycles. The van der Waals surface area contributed by atoms with Crippen molar-refractivity contribution in [2.24, 2.45) is 5.92 Å². The molecule has 0 spiro atoms. The summed E-state index contributed by atoms with van der Waals surface area (Å²) < 4.78 is 0. The number of halogens is 2. The third kappa shape index (κ3) is 4.09. The Hall–Kier alpha value is -0.280. The van der Waals surface area contributed by atoms with E-state index in [2.05, 4.69) is 41.4 Å². The van der Waals surface area contributed by atoms with Gasteiger partial charge in [0.25, 0.3) is 0 Å². The van der Waals surface area contributed by atoms with Gasteiger partial charge in [0.2, 0.25) is 0 Å². The molecule has 0 radical (unpaired) electrons. The molecule has 4 heteroatoms. The fraction of sp³-hybridized carbons (Fsp3) is 0.600. The van der Waals surface area contributed by atoms with Crippen molar-refractivity contribution in [2.75, 3.05) is 19.6 Å². The summed E-state index contributed by atoms with van der Waals surface area (Å²) in [5.74, 6) is 0.894. The Balaban J connectivity index is 0.000000902. The zero-order chi connectivity index (χ0) is 11.7. The minimum atomic E-state index is 0. The summed E-state index contributed by atoms with van der Waals surface area (Å²) in [6, 6.07) is 9.49. The predicted octanol–water partition coefficient (Wildman–Crippen LogP) is 2.89. The van der Waals surface area contributed by atoms with Crippen LogP contribution >= 0.6 is 24.8 Å². The van der Waals surface area contributed by atoms with Crippen molar-refractivity contribution in [2.45, 2.75) is 32.4 Å². The van der Waals surface area contributed by atoms with Crippen molar-refractivity contribution in [3.8, 4) is 0 Å². The second kappa shape index (κ2) is 7.49. The van der Waals surface area contributed by atoms with E-state index in [-0.39, 0.29) is 24.8 Å². The second-order valence-electron chi connectivity index (χ2n) is 5.70. The van der Waals surface area contributed by atoms with Crippen LogP contribution in [0.1, 0.15) is 24.5 Å². The molecule has 0 bridgehead atoms. The van der Waals surface area contributed by atoms with Crippen LogP contribution in [0.3, 0.4) is 0 Å². The van der Waals surface area contributed by atoms with Gasteiger partial charge in [-0.1, -0.05) is 31.2 Å². The quantitative estimate of drug-likeness (QED) is 0.904. The van der Waals surface area contributed by atoms with Gasteiger partial charge in [0.1, 0.15) is 0 Å². The highest BCUT2D eigenvalue weighted by Gasteiger charge is 2.24. The molecule has 2 aliphatic heterocycles. The van der Waals surface area contributed by atoms with Crippen LogP contribution in [-0.4, -0.2) is 30.6 Å². The van der Waals surface area contributed by atoms with Crippen LogP contribution < -0.4 is 5.32 Å². The van der Waals surface area contributed by atoms with Gasteiger partial charge < -0.3 is 10.2 Å². The largest absolute Gasteiger partial charge is 0.308 e. The molecule has 1 N–H and O–H groups in total. The molecule has 108 valence electrons. The van der Waals surface area contributed by atoms with E-state index in [9.17, 15) is 0 Å². The maximum atomic E-state index is 3.68. The van der Waals surface area contributed by atoms with E-state index in [4.69, 9.17) is 0 Å². The van der Waals surface area contributed by atoms with E-state index >= 15 is 0 Å². The molecular weight excluding hydrogens is 279 g/mol. The van der Waals surface area contributed by atoms with Crippen molar-refractivity contribution in [1.29, 1.82) is 0 Å². The van der Waals surface area contributed by atoms with Crippen LogP contribution in [0.2, 0.25) is 0 Å². The standard InChI is InChI=1S/C15H22N2.2ClH/c1-12-6-7-17(10-12)11-15-8-13-4-2-3-5-14(13)9-16-15;;/h2-5,12,15-16H,6-11H2,1H3;2*1H/t12-,15+;;/m1../s1. The average Bonchev–Trinajstić information content (AvgIpc) is 2.75. The Morgan fingerprint density at radius 2 is 1.95 bits per heavy atom. The maximum absolute atomic E-state index is 3.68. The molecule has 0 aromatic heterocycles. The van der Waals surface area contributed by atoms with Crippen molar-refractivity contribution in [3.05, 3.63) is 35.4 Å². The lowest BCUT2D eigenvalue weighted by Gasteiger charge is -2.29. The number of rotatable bonds is 2. The zero-order valence-corrected chi connectivity index (χ0v) is 13.1. The molecule has 2 atom stereocenters. The molecule has 2 nitrogen and oxygen atoms in total. The second-order valence-corrected chi connectivity index (χ2v) is 5.70. The Morgan fingerprint density at radius 3 is 2.63 bits per heavy atom. The predicted molar refractivity (Wildman–Crippen MR) is 85.5 cm³/mol. The number of likely N-dealkylation sites (tertiary alicyclic amines) is 1. The maximum Gasteiger partial charge on any atom is 0.0238 e. The van der Waals surface area contributed by atoms with Crippen molar-refractivity contribution in [3.63, 3.8) is 0 Å². The Bertz CT molecular complexity index is 397. The molecule has 19 heavy (non-hydrogen) atoms. The molecule has 3 rings (SSSR count). The molecular formula is C15H24Cl2N2. The van der Waals surface area contributed by atoms with Crippen LogP contribution in [0, 0.1) is 5.92 Å². The highest BCUT2D eigenvalue weighted by molar-refractivity contribution is 5.85. The molecule has 2 aliphatic rings. The number of hydrogen-bond donors (Lipinski definition) is 1. The molecule has 0 unspecified atom stereocenters. The SMILES string of the molecule is C[C@@H]1CCN(C[C@@H]2Cc3ccccc3CN2)C1.Cl.Cl. The monoisotopic (exact) mass is 302 g/mol. The Labute approximate surface area is 128 Å². The van der Waals surface area contributed by atoms with Gasteiger partial charge in [-0.25, -0.2) is 0 Å². The van der Waals surface area contributed by atoms with E-state index in [1.807, 2.05) is 0 Å². The van der Waals surface area contributed by atoms with Crippen LogP contribution in [0.4, 0.5) is 0 Å². The van der Waals surface area contributed by atoms with Gasteiger partial charge in [0.15, 0.2) is 0 Å². The first-order valence-corrected chi connectivity index (χ1v) is 6.84. The van der Waals surface area contributed by atoms with E-state index in [1.54, 1.807) is 5.56 Å². The Morgan fingerprint density at radius 1 is 1.21 bits per heavy atom. The average molecular weight is 303 g/mol. The summed E-state index contributed by atoms with van der Waals surface area (Å²) in [4.78, 5) is 2.62. The molecule has 1 fully saturated rings. The number of hydrogen-bond acceptors (Lipinski definition) is 2. The summed E-state index contributed by atoms with van der Waals surface area (Å²) in [7, 11) is 0. The van der Waals surface area contributed by atoms with Gasteiger partial charge in [-0.15, -0.1) is 24.8 Å². The summed E-state index contributed by atoms with van der Waals surface area (Å²) in [5.41, 5.74) is 3.03. The molecule has 0 saturated carbocycles. The van der Waals surface area contributed by atoms with Crippen molar-refractivity contribution < 1.29 is 0 Å². The van der Waals surface area contributed by atoms with Crippen molar-refractivity contribution in [1.82, 2.24) is 10.2 Å². The van der Waals surface area contributed by atoms with Gasteiger partial charge in [0.05, 0.1) is 0 Å². The van der Waals surface area contributed by atoms with Gasteiger partial charge in [-0.05, 0) is 36.4 Å². The van der Waals surface area contributed by atoms with Crippen LogP contribution in [-0.2, 0) is 13.0 Å². The van der Waals surface area contributed by atoms with Crippen LogP contribution in [0.5, 0.6) is 0 Å². The highest BCUT2D eigenvalue weighted by atomic mass is 35.5. The third-order valence-corrected chi connectivity index (χ3v) is 4.15. The normalized spacial score (nSPS) is 26.2. The fourth-order valence-electron chi connectivity index (χ4n) is 3.15. The lowest BCUT2D eigenvalue weighted by molar-refractivity contribution is 0.275. The number of fused-ring (bicyclic) bond motifs is 1. The molecule has 1 aromatic carbocycles. The van der Waals surface area contributed by atoms with Gasteiger partial charge in [-0.3, -0.25) is 0 Å². The lowest BCUT2D eigenvalue weighted by atomic mass is 9.96. The van der Waals surface area contributed by atoms with Gasteiger partial charge >= 0.3 is 0 Å². The molecule has 0 amide bonds. The first-order valence-electron chi connectivity index (χ1n) is 6.84. The molecule has 1 aromatic rings. The van der Waals surface area contributed by atoms with Crippen LogP contribution in [0.25, 0.3) is 0 Å². The first-order chi connectivity index (χ1) is 8.31. The number of benzene rings is 1.